The number of fused-ring (bicyclic) bond motifs is 1. The van der Waals surface area contributed by atoms with Crippen LogP contribution in [0.15, 0.2) is 48.9 Å². The summed E-state index contributed by atoms with van der Waals surface area (Å²) >= 11 is 0. The predicted molar refractivity (Wildman–Crippen MR) is 142 cm³/mol. The molecule has 1 saturated heterocycles. The number of nitrogens with zero attached hydrogens (tertiary/aromatic N) is 3. The van der Waals surface area contributed by atoms with Crippen molar-refractivity contribution in [1.29, 1.82) is 0 Å². The first-order valence-corrected chi connectivity index (χ1v) is 13.6. The van der Waals surface area contributed by atoms with E-state index < -0.39 is 43.9 Å². The van der Waals surface area contributed by atoms with Crippen LogP contribution in [0.1, 0.15) is 29.8 Å². The zero-order chi connectivity index (χ0) is 27.0. The van der Waals surface area contributed by atoms with Crippen LogP contribution >= 0.6 is 0 Å². The number of anilines is 2. The maximum Gasteiger partial charge on any atom is 0.235 e. The van der Waals surface area contributed by atoms with Crippen molar-refractivity contribution < 1.29 is 22.0 Å². The Morgan fingerprint density at radius 2 is 1.79 bits per heavy atom. The van der Waals surface area contributed by atoms with E-state index in [-0.39, 0.29) is 5.56 Å². The molecule has 9 nitrogen and oxygen atoms in total. The SMILES string of the molecule is CC(C)S(=O)(=O)Nc1ccc(F)c(C(=O)c2c[nH]c3ncc(-c4ccc(N5CCNCC5)nc4)cc23)c1F. The van der Waals surface area contributed by atoms with Gasteiger partial charge in [0.1, 0.15) is 17.3 Å². The second kappa shape index (κ2) is 10.1. The lowest BCUT2D eigenvalue weighted by Crippen LogP contribution is -2.43. The second-order valence-corrected chi connectivity index (χ2v) is 11.5. The molecule has 3 N–H and O–H groups in total. The monoisotopic (exact) mass is 540 g/mol. The van der Waals surface area contributed by atoms with Gasteiger partial charge in [-0.05, 0) is 44.2 Å². The van der Waals surface area contributed by atoms with Gasteiger partial charge in [-0.2, -0.15) is 0 Å². The van der Waals surface area contributed by atoms with E-state index in [1.165, 1.54) is 20.0 Å². The van der Waals surface area contributed by atoms with Crippen molar-refractivity contribution in [2.75, 3.05) is 35.8 Å². The third-order valence-electron chi connectivity index (χ3n) is 6.49. The largest absolute Gasteiger partial charge is 0.354 e. The number of halogens is 2. The van der Waals surface area contributed by atoms with Crippen molar-refractivity contribution in [2.45, 2.75) is 19.1 Å². The maximum atomic E-state index is 15.3. The second-order valence-electron chi connectivity index (χ2n) is 9.27. The number of sulfonamides is 1. The molecule has 198 valence electrons. The van der Waals surface area contributed by atoms with Gasteiger partial charge in [0.2, 0.25) is 15.8 Å². The minimum absolute atomic E-state index is 0.00131. The summed E-state index contributed by atoms with van der Waals surface area (Å²) in [4.78, 5) is 27.3. The molecular weight excluding hydrogens is 514 g/mol. The normalized spacial score (nSPS) is 14.3. The summed E-state index contributed by atoms with van der Waals surface area (Å²) in [6.07, 6.45) is 4.68. The molecule has 1 aliphatic heterocycles. The lowest BCUT2D eigenvalue weighted by Gasteiger charge is -2.28. The first-order valence-electron chi connectivity index (χ1n) is 12.1. The van der Waals surface area contributed by atoms with Gasteiger partial charge in [0.05, 0.1) is 16.5 Å². The van der Waals surface area contributed by atoms with Crippen LogP contribution in [0.25, 0.3) is 22.2 Å². The van der Waals surface area contributed by atoms with E-state index >= 15 is 4.39 Å². The van der Waals surface area contributed by atoms with Crippen molar-refractivity contribution in [1.82, 2.24) is 20.3 Å². The highest BCUT2D eigenvalue weighted by molar-refractivity contribution is 7.93. The van der Waals surface area contributed by atoms with Crippen molar-refractivity contribution in [3.63, 3.8) is 0 Å². The van der Waals surface area contributed by atoms with Crippen LogP contribution in [0.3, 0.4) is 0 Å². The number of pyridine rings is 2. The third-order valence-corrected chi connectivity index (χ3v) is 8.23. The Balaban J connectivity index is 1.49. The standard InChI is InChI=1S/C26H26F2N6O3S/c1-15(2)38(36,37)33-21-5-4-20(27)23(24(21)28)25(35)19-14-32-26-18(19)11-17(13-31-26)16-3-6-22(30-12-16)34-9-7-29-8-10-34/h3-6,11-15,29,33H,7-10H2,1-2H3,(H,31,32). The van der Waals surface area contributed by atoms with Crippen LogP contribution in [0.5, 0.6) is 0 Å². The first kappa shape index (κ1) is 25.7. The van der Waals surface area contributed by atoms with E-state index in [2.05, 4.69) is 29.9 Å². The number of H-pyrrole nitrogens is 1. The average molecular weight is 541 g/mol. The number of hydrogen-bond donors (Lipinski definition) is 3. The molecule has 38 heavy (non-hydrogen) atoms. The molecule has 0 bridgehead atoms. The zero-order valence-corrected chi connectivity index (χ0v) is 21.6. The highest BCUT2D eigenvalue weighted by Crippen LogP contribution is 2.30. The van der Waals surface area contributed by atoms with E-state index in [1.807, 2.05) is 12.1 Å². The Morgan fingerprint density at radius 1 is 1.05 bits per heavy atom. The van der Waals surface area contributed by atoms with Crippen LogP contribution in [-0.2, 0) is 10.0 Å². The van der Waals surface area contributed by atoms with Gasteiger partial charge < -0.3 is 15.2 Å². The number of benzene rings is 1. The highest BCUT2D eigenvalue weighted by atomic mass is 32.2. The van der Waals surface area contributed by atoms with Gasteiger partial charge in [-0.3, -0.25) is 9.52 Å². The summed E-state index contributed by atoms with van der Waals surface area (Å²) in [5.74, 6) is -2.47. The van der Waals surface area contributed by atoms with Crippen LogP contribution in [0.2, 0.25) is 0 Å². The van der Waals surface area contributed by atoms with Crippen LogP contribution in [-0.4, -0.2) is 60.6 Å². The van der Waals surface area contributed by atoms with E-state index in [0.29, 0.717) is 16.6 Å². The lowest BCUT2D eigenvalue weighted by atomic mass is 10.00. The number of aromatic amines is 1. The first-order chi connectivity index (χ1) is 18.2. The molecule has 0 radical (unpaired) electrons. The summed E-state index contributed by atoms with van der Waals surface area (Å²) in [5.41, 5.74) is 0.437. The summed E-state index contributed by atoms with van der Waals surface area (Å²) in [6, 6.07) is 7.34. The third kappa shape index (κ3) is 4.84. The molecule has 0 amide bonds. The van der Waals surface area contributed by atoms with Gasteiger partial charge in [0.15, 0.2) is 5.82 Å². The molecule has 12 heteroatoms. The number of carbonyl (C=O) groups is 1. The Morgan fingerprint density at radius 3 is 2.47 bits per heavy atom. The Kier molecular flexibility index (Phi) is 6.84. The van der Waals surface area contributed by atoms with Crippen molar-refractivity contribution in [2.24, 2.45) is 0 Å². The fourth-order valence-electron chi connectivity index (χ4n) is 4.23. The predicted octanol–water partition coefficient (Wildman–Crippen LogP) is 3.69. The van der Waals surface area contributed by atoms with Gasteiger partial charge >= 0.3 is 0 Å². The average Bonchev–Trinajstić information content (AvgIpc) is 3.34. The summed E-state index contributed by atoms with van der Waals surface area (Å²) in [6.45, 7) is 6.34. The molecule has 3 aromatic heterocycles. The van der Waals surface area contributed by atoms with Crippen molar-refractivity contribution >= 4 is 38.3 Å². The number of carbonyl (C=O) groups excluding carboxylic acids is 1. The number of aromatic nitrogens is 3. The summed E-state index contributed by atoms with van der Waals surface area (Å²) in [7, 11) is -3.92. The van der Waals surface area contributed by atoms with Crippen LogP contribution in [0, 0.1) is 11.6 Å². The molecule has 1 aromatic carbocycles. The fraction of sp³-hybridized carbons (Fsp3) is 0.269. The maximum absolute atomic E-state index is 15.3. The van der Waals surface area contributed by atoms with Crippen LogP contribution in [0.4, 0.5) is 20.3 Å². The fourth-order valence-corrected chi connectivity index (χ4v) is 4.93. The van der Waals surface area contributed by atoms with E-state index in [0.717, 1.165) is 49.7 Å². The van der Waals surface area contributed by atoms with Crippen LogP contribution < -0.4 is 14.9 Å². The number of piperazine rings is 1. The van der Waals surface area contributed by atoms with E-state index in [9.17, 15) is 17.6 Å². The lowest BCUT2D eigenvalue weighted by molar-refractivity contribution is 0.103. The number of rotatable bonds is 7. The van der Waals surface area contributed by atoms with Gasteiger partial charge in [0.25, 0.3) is 0 Å². The summed E-state index contributed by atoms with van der Waals surface area (Å²) < 4.78 is 56.5. The molecule has 4 heterocycles. The van der Waals surface area contributed by atoms with Gasteiger partial charge in [-0.15, -0.1) is 0 Å². The van der Waals surface area contributed by atoms with Gasteiger partial charge in [0, 0.05) is 66.8 Å². The summed E-state index contributed by atoms with van der Waals surface area (Å²) in [5, 5.41) is 2.81. The van der Waals surface area contributed by atoms with Crippen molar-refractivity contribution in [3.05, 3.63) is 71.7 Å². The van der Waals surface area contributed by atoms with Gasteiger partial charge in [-0.25, -0.2) is 27.2 Å². The Labute approximate surface area is 218 Å². The van der Waals surface area contributed by atoms with Gasteiger partial charge in [-0.1, -0.05) is 0 Å². The number of nitrogens with one attached hydrogen (secondary N) is 3. The Bertz CT molecular complexity index is 1610. The number of hydrogen-bond acceptors (Lipinski definition) is 7. The molecular formula is C26H26F2N6O3S. The Hall–Kier alpha value is -3.90. The minimum Gasteiger partial charge on any atom is -0.354 e. The topological polar surface area (TPSA) is 120 Å². The molecule has 0 aliphatic carbocycles. The molecule has 1 aliphatic rings. The minimum atomic E-state index is -3.92. The quantitative estimate of drug-likeness (QED) is 0.306. The zero-order valence-electron chi connectivity index (χ0n) is 20.8. The highest BCUT2D eigenvalue weighted by Gasteiger charge is 2.27. The smallest absolute Gasteiger partial charge is 0.235 e. The molecule has 4 aromatic rings. The molecule has 0 spiro atoms. The molecule has 0 unspecified atom stereocenters. The van der Waals surface area contributed by atoms with Crippen molar-refractivity contribution in [3.8, 4) is 11.1 Å². The molecule has 0 atom stereocenters. The van der Waals surface area contributed by atoms with E-state index in [1.54, 1.807) is 18.5 Å². The molecule has 0 saturated carbocycles. The molecule has 5 rings (SSSR count). The number of ketones is 1. The van der Waals surface area contributed by atoms with E-state index in [4.69, 9.17) is 0 Å². The molecule has 1 fully saturated rings.